The van der Waals surface area contributed by atoms with Crippen molar-refractivity contribution in [2.45, 2.75) is 38.2 Å². The van der Waals surface area contributed by atoms with Crippen molar-refractivity contribution in [2.75, 3.05) is 37.8 Å². The van der Waals surface area contributed by atoms with Gasteiger partial charge in [0, 0.05) is 30.9 Å². The molecule has 2 aromatic carbocycles. The number of rotatable bonds is 6. The van der Waals surface area contributed by atoms with Gasteiger partial charge >= 0.3 is 0 Å². The largest absolute Gasteiger partial charge is 0.391 e. The number of morpholine rings is 1. The van der Waals surface area contributed by atoms with Crippen LogP contribution in [0.4, 0.5) is 5.69 Å². The number of aliphatic hydroxyl groups is 2. The topological polar surface area (TPSA) is 98.0 Å². The van der Waals surface area contributed by atoms with E-state index in [9.17, 15) is 15.5 Å². The van der Waals surface area contributed by atoms with E-state index in [1.165, 1.54) is 5.69 Å². The van der Waals surface area contributed by atoms with Gasteiger partial charge in [-0.25, -0.2) is 0 Å². The van der Waals surface area contributed by atoms with Gasteiger partial charge in [-0.2, -0.15) is 5.26 Å². The maximum Gasteiger partial charge on any atom is 0.175 e. The van der Waals surface area contributed by atoms with Gasteiger partial charge in [0.25, 0.3) is 0 Å². The molecule has 0 aliphatic carbocycles. The lowest BCUT2D eigenvalue weighted by Crippen LogP contribution is -2.48. The minimum atomic E-state index is -1.03. The van der Waals surface area contributed by atoms with Gasteiger partial charge in [-0.05, 0) is 47.0 Å². The molecule has 33 heavy (non-hydrogen) atoms. The molecule has 0 aromatic heterocycles. The van der Waals surface area contributed by atoms with Crippen LogP contribution in [-0.4, -0.2) is 61.6 Å². The van der Waals surface area contributed by atoms with E-state index >= 15 is 0 Å². The van der Waals surface area contributed by atoms with E-state index in [1.807, 2.05) is 25.1 Å². The summed E-state index contributed by atoms with van der Waals surface area (Å²) in [6.45, 7) is 5.40. The standard InChI is InChI=1S/C26H31N3O4/c1-2-3-24(28-25-15-23(30)17-33-26(25)31)21(16-27)13-18-4-5-20-14-22(7-6-19(20)12-18)29-8-10-32-11-9-29/h3-7,12-14,23,25-26,28,30-31H,2,8-11,15,17H2,1H3/b21-13+,24-3+. The summed E-state index contributed by atoms with van der Waals surface area (Å²) >= 11 is 0. The molecule has 0 amide bonds. The molecule has 3 unspecified atom stereocenters. The third-order valence-corrected chi connectivity index (χ3v) is 6.02. The van der Waals surface area contributed by atoms with Crippen molar-refractivity contribution >= 4 is 22.5 Å². The number of aliphatic hydroxyl groups excluding tert-OH is 2. The molecule has 2 aliphatic heterocycles. The first kappa shape index (κ1) is 23.3. The second-order valence-corrected chi connectivity index (χ2v) is 8.45. The van der Waals surface area contributed by atoms with E-state index in [2.05, 4.69) is 46.6 Å². The van der Waals surface area contributed by atoms with Crippen LogP contribution >= 0.6 is 0 Å². The zero-order chi connectivity index (χ0) is 23.2. The fourth-order valence-corrected chi connectivity index (χ4v) is 4.28. The van der Waals surface area contributed by atoms with E-state index in [-0.39, 0.29) is 6.61 Å². The van der Waals surface area contributed by atoms with Crippen molar-refractivity contribution in [3.63, 3.8) is 0 Å². The molecule has 2 aliphatic rings. The molecule has 0 spiro atoms. The summed E-state index contributed by atoms with van der Waals surface area (Å²) in [4.78, 5) is 2.33. The van der Waals surface area contributed by atoms with Gasteiger partial charge in [0.05, 0.1) is 37.5 Å². The highest BCUT2D eigenvalue weighted by molar-refractivity contribution is 5.88. The number of hydrogen-bond donors (Lipinski definition) is 3. The summed E-state index contributed by atoms with van der Waals surface area (Å²) in [6.07, 6.45) is 3.15. The van der Waals surface area contributed by atoms with Crippen molar-refractivity contribution in [3.8, 4) is 6.07 Å². The lowest BCUT2D eigenvalue weighted by atomic mass is 10.0. The van der Waals surface area contributed by atoms with Crippen molar-refractivity contribution in [1.82, 2.24) is 5.32 Å². The average molecular weight is 450 g/mol. The Hall–Kier alpha value is -2.89. The summed E-state index contributed by atoms with van der Waals surface area (Å²) in [6, 6.07) is 14.4. The van der Waals surface area contributed by atoms with E-state index in [0.717, 1.165) is 49.1 Å². The monoisotopic (exact) mass is 449 g/mol. The number of benzene rings is 2. The van der Waals surface area contributed by atoms with Crippen LogP contribution in [0.25, 0.3) is 16.8 Å². The molecule has 3 atom stereocenters. The predicted molar refractivity (Wildman–Crippen MR) is 128 cm³/mol. The van der Waals surface area contributed by atoms with E-state index < -0.39 is 18.4 Å². The fourth-order valence-electron chi connectivity index (χ4n) is 4.28. The molecule has 174 valence electrons. The van der Waals surface area contributed by atoms with Crippen molar-refractivity contribution < 1.29 is 19.7 Å². The Bertz CT molecular complexity index is 1070. The normalized spacial score (nSPS) is 24.5. The number of nitrogens with one attached hydrogen (secondary N) is 1. The van der Waals surface area contributed by atoms with Crippen LogP contribution < -0.4 is 10.2 Å². The highest BCUT2D eigenvalue weighted by atomic mass is 16.6. The predicted octanol–water partition coefficient (Wildman–Crippen LogP) is 2.94. The summed E-state index contributed by atoms with van der Waals surface area (Å²) in [5.74, 6) is 0. The number of fused-ring (bicyclic) bond motifs is 1. The number of ether oxygens (including phenoxy) is 2. The van der Waals surface area contributed by atoms with Gasteiger partial charge in [-0.1, -0.05) is 31.2 Å². The Morgan fingerprint density at radius 3 is 2.70 bits per heavy atom. The Labute approximate surface area is 194 Å². The number of nitrogens with zero attached hydrogens (tertiary/aromatic N) is 2. The van der Waals surface area contributed by atoms with Crippen LogP contribution in [0.2, 0.25) is 0 Å². The first-order chi connectivity index (χ1) is 16.1. The lowest BCUT2D eigenvalue weighted by molar-refractivity contribution is -0.171. The van der Waals surface area contributed by atoms with E-state index in [1.54, 1.807) is 0 Å². The fraction of sp³-hybridized carbons (Fsp3) is 0.423. The minimum Gasteiger partial charge on any atom is -0.391 e. The molecule has 7 heteroatoms. The van der Waals surface area contributed by atoms with Crippen molar-refractivity contribution in [1.29, 1.82) is 5.26 Å². The van der Waals surface area contributed by atoms with Gasteiger partial charge in [-0.3, -0.25) is 0 Å². The zero-order valence-corrected chi connectivity index (χ0v) is 18.9. The van der Waals surface area contributed by atoms with Crippen LogP contribution in [0.5, 0.6) is 0 Å². The number of anilines is 1. The third kappa shape index (κ3) is 5.73. The van der Waals surface area contributed by atoms with E-state index in [4.69, 9.17) is 9.47 Å². The van der Waals surface area contributed by atoms with Gasteiger partial charge in [-0.15, -0.1) is 0 Å². The van der Waals surface area contributed by atoms with Gasteiger partial charge < -0.3 is 29.9 Å². The maximum atomic E-state index is 10.1. The summed E-state index contributed by atoms with van der Waals surface area (Å²) in [5.41, 5.74) is 3.21. The van der Waals surface area contributed by atoms with Gasteiger partial charge in [0.1, 0.15) is 6.07 Å². The highest BCUT2D eigenvalue weighted by Crippen LogP contribution is 2.26. The average Bonchev–Trinajstić information content (AvgIpc) is 2.84. The summed E-state index contributed by atoms with van der Waals surface area (Å²) < 4.78 is 10.7. The van der Waals surface area contributed by atoms with Gasteiger partial charge in [0.2, 0.25) is 0 Å². The molecule has 0 saturated carbocycles. The molecule has 2 fully saturated rings. The third-order valence-electron chi connectivity index (χ3n) is 6.02. The zero-order valence-electron chi connectivity index (χ0n) is 18.9. The Morgan fingerprint density at radius 2 is 1.94 bits per heavy atom. The Morgan fingerprint density at radius 1 is 1.18 bits per heavy atom. The first-order valence-electron chi connectivity index (χ1n) is 11.5. The molecule has 4 rings (SSSR count). The SMILES string of the molecule is CC/C=C(NC1CC(O)COC1O)\C(C#N)=C\c1ccc2cc(N3CCOCC3)ccc2c1. The summed E-state index contributed by atoms with van der Waals surface area (Å²) in [7, 11) is 0. The molecule has 2 heterocycles. The molecular formula is C26H31N3O4. The van der Waals surface area contributed by atoms with Crippen molar-refractivity contribution in [3.05, 3.63) is 59.3 Å². The Kier molecular flexibility index (Phi) is 7.63. The van der Waals surface area contributed by atoms with Crippen LogP contribution in [0.15, 0.2) is 53.7 Å². The number of allylic oxidation sites excluding steroid dienone is 2. The highest BCUT2D eigenvalue weighted by Gasteiger charge is 2.29. The maximum absolute atomic E-state index is 10.1. The minimum absolute atomic E-state index is 0.109. The number of nitriles is 1. The molecule has 7 nitrogen and oxygen atoms in total. The molecular weight excluding hydrogens is 418 g/mol. The molecule has 0 radical (unpaired) electrons. The smallest absolute Gasteiger partial charge is 0.175 e. The Balaban J connectivity index is 1.57. The first-order valence-corrected chi connectivity index (χ1v) is 11.5. The van der Waals surface area contributed by atoms with Crippen molar-refractivity contribution in [2.24, 2.45) is 0 Å². The second kappa shape index (κ2) is 10.8. The molecule has 3 N–H and O–H groups in total. The summed E-state index contributed by atoms with van der Waals surface area (Å²) in [5, 5.41) is 35.4. The van der Waals surface area contributed by atoms with E-state index in [0.29, 0.717) is 17.7 Å². The van der Waals surface area contributed by atoms with Crippen LogP contribution in [0.1, 0.15) is 25.3 Å². The van der Waals surface area contributed by atoms with Crippen LogP contribution in [0, 0.1) is 11.3 Å². The molecule has 2 aromatic rings. The quantitative estimate of drug-likeness (QED) is 0.461. The second-order valence-electron chi connectivity index (χ2n) is 8.45. The van der Waals surface area contributed by atoms with Crippen LogP contribution in [0.3, 0.4) is 0 Å². The van der Waals surface area contributed by atoms with Crippen LogP contribution in [-0.2, 0) is 9.47 Å². The molecule has 2 saturated heterocycles. The number of hydrogen-bond acceptors (Lipinski definition) is 7. The molecule has 0 bridgehead atoms. The lowest BCUT2D eigenvalue weighted by Gasteiger charge is -2.32. The van der Waals surface area contributed by atoms with Gasteiger partial charge in [0.15, 0.2) is 6.29 Å².